The lowest BCUT2D eigenvalue weighted by molar-refractivity contribution is -0.176. The molecule has 6 aliphatic rings. The number of hydrogen-bond donors (Lipinski definition) is 0. The van der Waals surface area contributed by atoms with Crippen molar-refractivity contribution in [2.45, 2.75) is 70.8 Å². The molecule has 2 aliphatic heterocycles. The molecule has 0 amide bonds. The number of allylic oxidation sites excluding steroid dienone is 3. The average Bonchev–Trinajstić information content (AvgIpc) is 3.17. The van der Waals surface area contributed by atoms with E-state index in [1.165, 1.54) is 0 Å². The van der Waals surface area contributed by atoms with Crippen LogP contribution in [0, 0.1) is 17.3 Å². The van der Waals surface area contributed by atoms with Crippen molar-refractivity contribution >= 4 is 11.9 Å². The van der Waals surface area contributed by atoms with E-state index in [4.69, 9.17) is 9.47 Å². The lowest BCUT2D eigenvalue weighted by atomic mass is 9.45. The summed E-state index contributed by atoms with van der Waals surface area (Å²) >= 11 is 0. The molecule has 148 valence electrons. The summed E-state index contributed by atoms with van der Waals surface area (Å²) in [6.45, 7) is 4.31. The fourth-order valence-electron chi connectivity index (χ4n) is 6.57. The minimum Gasteiger partial charge on any atom is -0.449 e. The molecule has 4 atom stereocenters. The molecule has 2 fully saturated rings. The van der Waals surface area contributed by atoms with Gasteiger partial charge >= 0.3 is 11.9 Å². The molecule has 1 saturated heterocycles. The maximum Gasteiger partial charge on any atom is 0.340 e. The first-order chi connectivity index (χ1) is 13.6. The van der Waals surface area contributed by atoms with Gasteiger partial charge in [-0.15, -0.1) is 0 Å². The summed E-state index contributed by atoms with van der Waals surface area (Å²) in [5.74, 6) is 0.749. The zero-order chi connectivity index (χ0) is 19.5. The van der Waals surface area contributed by atoms with Crippen LogP contribution in [0.3, 0.4) is 0 Å². The Bertz CT molecular complexity index is 873. The van der Waals surface area contributed by atoms with Crippen molar-refractivity contribution in [1.29, 1.82) is 0 Å². The zero-order valence-electron chi connectivity index (χ0n) is 16.8. The highest BCUT2D eigenvalue weighted by molar-refractivity contribution is 6.00. The van der Waals surface area contributed by atoms with Crippen molar-refractivity contribution in [3.63, 3.8) is 0 Å². The third-order valence-corrected chi connectivity index (χ3v) is 7.52. The summed E-state index contributed by atoms with van der Waals surface area (Å²) in [4.78, 5) is 25.9. The highest BCUT2D eigenvalue weighted by atomic mass is 16.6. The highest BCUT2D eigenvalue weighted by Crippen LogP contribution is 2.71. The second-order valence-electron chi connectivity index (χ2n) is 8.79. The Hall–Kier alpha value is -2.10. The van der Waals surface area contributed by atoms with Gasteiger partial charge in [-0.1, -0.05) is 44.9 Å². The van der Waals surface area contributed by atoms with Crippen molar-refractivity contribution in [2.24, 2.45) is 17.3 Å². The van der Waals surface area contributed by atoms with Gasteiger partial charge in [0.2, 0.25) is 0 Å². The maximum atomic E-state index is 13.0. The van der Waals surface area contributed by atoms with Crippen LogP contribution < -0.4 is 0 Å². The predicted octanol–water partition coefficient (Wildman–Crippen LogP) is 4.92. The van der Waals surface area contributed by atoms with Gasteiger partial charge in [-0.2, -0.15) is 0 Å². The molecule has 28 heavy (non-hydrogen) atoms. The molecule has 4 heteroatoms. The third-order valence-electron chi connectivity index (χ3n) is 7.52. The number of ether oxygens (including phenoxy) is 2. The van der Waals surface area contributed by atoms with Crippen LogP contribution in [0.15, 0.2) is 46.8 Å². The van der Waals surface area contributed by atoms with Gasteiger partial charge < -0.3 is 9.47 Å². The molecule has 2 bridgehead atoms. The van der Waals surface area contributed by atoms with Crippen LogP contribution in [-0.2, 0) is 19.1 Å². The van der Waals surface area contributed by atoms with Crippen LogP contribution in [0.5, 0.6) is 0 Å². The summed E-state index contributed by atoms with van der Waals surface area (Å²) in [5, 5.41) is 0. The van der Waals surface area contributed by atoms with Gasteiger partial charge in [0.05, 0.1) is 11.1 Å². The summed E-state index contributed by atoms with van der Waals surface area (Å²) in [6, 6.07) is 0. The average molecular weight is 380 g/mol. The molecular weight excluding hydrogens is 352 g/mol. The molecular formula is C24H28O4. The van der Waals surface area contributed by atoms with Crippen molar-refractivity contribution in [1.82, 2.24) is 0 Å². The Morgan fingerprint density at radius 1 is 1.21 bits per heavy atom. The highest BCUT2D eigenvalue weighted by Gasteiger charge is 2.75. The van der Waals surface area contributed by atoms with E-state index in [1.807, 2.05) is 6.08 Å². The molecule has 2 spiro atoms. The first-order valence-corrected chi connectivity index (χ1v) is 10.9. The van der Waals surface area contributed by atoms with Crippen LogP contribution in [0.4, 0.5) is 0 Å². The van der Waals surface area contributed by atoms with E-state index in [0.29, 0.717) is 0 Å². The molecule has 2 heterocycles. The molecule has 4 nitrogen and oxygen atoms in total. The van der Waals surface area contributed by atoms with Gasteiger partial charge in [-0.3, -0.25) is 0 Å². The van der Waals surface area contributed by atoms with Crippen molar-refractivity contribution in [3.8, 4) is 0 Å². The Morgan fingerprint density at radius 3 is 2.86 bits per heavy atom. The topological polar surface area (TPSA) is 52.6 Å². The van der Waals surface area contributed by atoms with Gasteiger partial charge in [0.1, 0.15) is 11.2 Å². The Balaban J connectivity index is 1.80. The van der Waals surface area contributed by atoms with Crippen LogP contribution in [0.2, 0.25) is 0 Å². The molecule has 0 N–H and O–H groups in total. The van der Waals surface area contributed by atoms with Gasteiger partial charge in [0.15, 0.2) is 5.60 Å². The van der Waals surface area contributed by atoms with Gasteiger partial charge in [-0.25, -0.2) is 9.59 Å². The van der Waals surface area contributed by atoms with E-state index in [-0.39, 0.29) is 23.8 Å². The summed E-state index contributed by atoms with van der Waals surface area (Å²) in [6.07, 6.45) is 15.7. The predicted molar refractivity (Wildman–Crippen MR) is 105 cm³/mol. The van der Waals surface area contributed by atoms with E-state index in [0.717, 1.165) is 73.8 Å². The standard InChI is InChI=1S/C24H28O4/c1-3-5-11-20-23-13-12-15(14-19(23)22(26)27-20)17(8-4-2)24(23)18-10-7-6-9-16(18)21(25)28-24/h6,9,11,14-15,17H,3-5,7-8,10,12-13H2,1-2H3/b20-11-/t15?,17?,23-,24-/m0/s1. The summed E-state index contributed by atoms with van der Waals surface area (Å²) in [5.41, 5.74) is 1.21. The van der Waals surface area contributed by atoms with E-state index >= 15 is 0 Å². The maximum absolute atomic E-state index is 13.0. The van der Waals surface area contributed by atoms with E-state index in [9.17, 15) is 9.59 Å². The SMILES string of the molecule is CCC/C=C1\OC(=O)C2=CC3CC[C@]21[C@]1(OC(=O)C2=C1CCC=C2)C3CCC. The summed E-state index contributed by atoms with van der Waals surface area (Å²) < 4.78 is 12.3. The van der Waals surface area contributed by atoms with Crippen LogP contribution in [0.25, 0.3) is 0 Å². The molecule has 6 rings (SSSR count). The first kappa shape index (κ1) is 18.0. The number of rotatable bonds is 4. The summed E-state index contributed by atoms with van der Waals surface area (Å²) in [7, 11) is 0. The number of unbranched alkanes of at least 4 members (excludes halogenated alkanes) is 1. The fourth-order valence-corrected chi connectivity index (χ4v) is 6.57. The van der Waals surface area contributed by atoms with Crippen molar-refractivity contribution < 1.29 is 19.1 Å². The number of cyclic esters (lactones) is 1. The number of carbonyl (C=O) groups is 2. The molecule has 2 unspecified atom stereocenters. The van der Waals surface area contributed by atoms with Crippen LogP contribution >= 0.6 is 0 Å². The van der Waals surface area contributed by atoms with E-state index < -0.39 is 11.0 Å². The van der Waals surface area contributed by atoms with Gasteiger partial charge in [0.25, 0.3) is 0 Å². The van der Waals surface area contributed by atoms with E-state index in [2.05, 4.69) is 32.1 Å². The number of hydrogen-bond acceptors (Lipinski definition) is 4. The minimum atomic E-state index is -0.751. The molecule has 4 aliphatic carbocycles. The van der Waals surface area contributed by atoms with Gasteiger partial charge in [-0.05, 0) is 56.1 Å². The quantitative estimate of drug-likeness (QED) is 0.650. The number of carbonyl (C=O) groups excluding carboxylic acids is 2. The Kier molecular flexibility index (Phi) is 3.98. The smallest absolute Gasteiger partial charge is 0.340 e. The molecule has 0 aromatic heterocycles. The monoisotopic (exact) mass is 380 g/mol. The minimum absolute atomic E-state index is 0.206. The second-order valence-corrected chi connectivity index (χ2v) is 8.79. The second kappa shape index (κ2) is 6.20. The van der Waals surface area contributed by atoms with E-state index in [1.54, 1.807) is 0 Å². The number of esters is 2. The Labute approximate surface area is 166 Å². The van der Waals surface area contributed by atoms with Crippen LogP contribution in [0.1, 0.15) is 65.2 Å². The normalized spacial score (nSPS) is 39.4. The zero-order valence-corrected chi connectivity index (χ0v) is 16.8. The third kappa shape index (κ3) is 1.96. The lowest BCUT2D eigenvalue weighted by Gasteiger charge is -2.59. The van der Waals surface area contributed by atoms with Crippen molar-refractivity contribution in [3.05, 3.63) is 46.8 Å². The Morgan fingerprint density at radius 2 is 2.07 bits per heavy atom. The fraction of sp³-hybridized carbons (Fsp3) is 0.583. The van der Waals surface area contributed by atoms with Crippen molar-refractivity contribution in [2.75, 3.05) is 0 Å². The lowest BCUT2D eigenvalue weighted by Crippen LogP contribution is -2.63. The molecule has 0 radical (unpaired) electrons. The molecule has 0 aromatic rings. The molecule has 0 aromatic carbocycles. The first-order valence-electron chi connectivity index (χ1n) is 10.9. The largest absolute Gasteiger partial charge is 0.449 e. The molecule has 1 saturated carbocycles. The number of fused-ring (bicyclic) bond motifs is 1. The van der Waals surface area contributed by atoms with Gasteiger partial charge in [0, 0.05) is 5.92 Å². The van der Waals surface area contributed by atoms with Crippen LogP contribution in [-0.4, -0.2) is 17.5 Å².